The molecule has 0 bridgehead atoms. The number of nitrogens with zero attached hydrogens (tertiary/aromatic N) is 3. The van der Waals surface area contributed by atoms with E-state index in [1.165, 1.54) is 6.07 Å². The molecule has 2 heterocycles. The number of ether oxygens (including phenoxy) is 2. The van der Waals surface area contributed by atoms with Gasteiger partial charge in [0.25, 0.3) is 0 Å². The van der Waals surface area contributed by atoms with Crippen LogP contribution in [0.15, 0.2) is 69.7 Å². The van der Waals surface area contributed by atoms with E-state index in [0.29, 0.717) is 17.3 Å². The minimum absolute atomic E-state index is 0.316. The van der Waals surface area contributed by atoms with Crippen LogP contribution >= 0.6 is 0 Å². The highest BCUT2D eigenvalue weighted by Gasteiger charge is 2.14. The first-order valence-electron chi connectivity index (χ1n) is 8.62. The molecule has 0 aliphatic heterocycles. The second-order valence-corrected chi connectivity index (χ2v) is 5.88. The highest BCUT2D eigenvalue weighted by molar-refractivity contribution is 5.62. The second-order valence-electron chi connectivity index (χ2n) is 5.88. The Labute approximate surface area is 170 Å². The molecule has 30 heavy (non-hydrogen) atoms. The zero-order valence-corrected chi connectivity index (χ0v) is 16.1. The van der Waals surface area contributed by atoms with Gasteiger partial charge >= 0.3 is 5.88 Å². The minimum Gasteiger partial charge on any atom is -0.497 e. The lowest BCUT2D eigenvalue weighted by Gasteiger charge is -1.99. The van der Waals surface area contributed by atoms with E-state index in [2.05, 4.69) is 14.8 Å². The van der Waals surface area contributed by atoms with Gasteiger partial charge in [0.1, 0.15) is 27.8 Å². The van der Waals surface area contributed by atoms with Gasteiger partial charge in [0.15, 0.2) is 0 Å². The number of benzene rings is 2. The smallest absolute Gasteiger partial charge is 0.456 e. The van der Waals surface area contributed by atoms with E-state index in [9.17, 15) is 10.1 Å². The normalized spacial score (nSPS) is 10.1. The molecule has 4 aromatic rings. The van der Waals surface area contributed by atoms with Crippen LogP contribution in [0.3, 0.4) is 0 Å². The number of methoxy groups -OCH3 is 2. The SMILES string of the molecule is COc1ccc(-c2cc(N)on2)cc1.COc1ccc(-c2cc([N+](=O)[O-])on2)cc1. The van der Waals surface area contributed by atoms with Gasteiger partial charge in [-0.1, -0.05) is 10.3 Å². The number of nitro groups is 1. The van der Waals surface area contributed by atoms with Gasteiger partial charge in [-0.25, -0.2) is 0 Å². The fraction of sp³-hybridized carbons (Fsp3) is 0.100. The molecule has 0 fully saturated rings. The average molecular weight is 410 g/mol. The number of anilines is 1. The summed E-state index contributed by atoms with van der Waals surface area (Å²) in [5, 5.41) is 17.8. The molecule has 0 aliphatic carbocycles. The predicted octanol–water partition coefficient (Wildman–Crippen LogP) is 4.19. The summed E-state index contributed by atoms with van der Waals surface area (Å²) in [6.07, 6.45) is 0. The lowest BCUT2D eigenvalue weighted by molar-refractivity contribution is -0.404. The zero-order chi connectivity index (χ0) is 21.5. The Hall–Kier alpha value is -4.34. The Bertz CT molecular complexity index is 1100. The molecule has 0 aliphatic rings. The van der Waals surface area contributed by atoms with Gasteiger partial charge in [0.2, 0.25) is 5.88 Å². The molecule has 0 atom stereocenters. The Morgan fingerprint density at radius 1 is 0.833 bits per heavy atom. The third kappa shape index (κ3) is 4.93. The maximum Gasteiger partial charge on any atom is 0.456 e. The quantitative estimate of drug-likeness (QED) is 0.379. The molecule has 4 rings (SSSR count). The van der Waals surface area contributed by atoms with Crippen molar-refractivity contribution in [2.75, 3.05) is 20.0 Å². The number of nitrogen functional groups attached to an aromatic ring is 1. The molecule has 10 nitrogen and oxygen atoms in total. The first-order valence-corrected chi connectivity index (χ1v) is 8.62. The first-order chi connectivity index (χ1) is 14.5. The Morgan fingerprint density at radius 3 is 1.67 bits per heavy atom. The molecule has 2 aromatic carbocycles. The van der Waals surface area contributed by atoms with Gasteiger partial charge in [-0.15, -0.1) is 0 Å². The van der Waals surface area contributed by atoms with E-state index in [4.69, 9.17) is 19.7 Å². The average Bonchev–Trinajstić information content (AvgIpc) is 3.44. The molecule has 0 saturated carbocycles. The lowest BCUT2D eigenvalue weighted by atomic mass is 10.1. The van der Waals surface area contributed by atoms with Crippen molar-refractivity contribution in [1.29, 1.82) is 0 Å². The van der Waals surface area contributed by atoms with E-state index in [1.807, 2.05) is 24.3 Å². The van der Waals surface area contributed by atoms with Crippen LogP contribution in [0.4, 0.5) is 11.8 Å². The predicted molar refractivity (Wildman–Crippen MR) is 108 cm³/mol. The maximum absolute atomic E-state index is 10.4. The molecule has 0 radical (unpaired) electrons. The van der Waals surface area contributed by atoms with Crippen LogP contribution in [0.5, 0.6) is 11.5 Å². The Balaban J connectivity index is 0.000000172. The summed E-state index contributed by atoms with van der Waals surface area (Å²) < 4.78 is 19.4. The Kier molecular flexibility index (Phi) is 6.28. The van der Waals surface area contributed by atoms with Crippen molar-refractivity contribution < 1.29 is 23.4 Å². The highest BCUT2D eigenvalue weighted by atomic mass is 16.7. The summed E-state index contributed by atoms with van der Waals surface area (Å²) in [5.74, 6) is 1.47. The van der Waals surface area contributed by atoms with Gasteiger partial charge in [0.05, 0.1) is 20.3 Å². The van der Waals surface area contributed by atoms with E-state index in [-0.39, 0.29) is 5.88 Å². The topological polar surface area (TPSA) is 140 Å². The third-order valence-corrected chi connectivity index (χ3v) is 3.98. The standard InChI is InChI=1S/C10H8N2O4.C10H10N2O2/c1-15-8-4-2-7(3-5-8)9-6-10(12(13)14)16-11-9;1-13-8-4-2-7(3-5-8)9-6-10(11)14-12-9/h2-6H,1H3;2-6H,11H2,1H3. The van der Waals surface area contributed by atoms with Crippen LogP contribution in [-0.2, 0) is 0 Å². The van der Waals surface area contributed by atoms with Gasteiger partial charge in [-0.3, -0.25) is 14.6 Å². The fourth-order valence-electron chi connectivity index (χ4n) is 2.44. The molecular weight excluding hydrogens is 392 g/mol. The number of hydrogen-bond donors (Lipinski definition) is 1. The van der Waals surface area contributed by atoms with E-state index in [1.54, 1.807) is 44.6 Å². The molecule has 0 spiro atoms. The van der Waals surface area contributed by atoms with Crippen molar-refractivity contribution >= 4 is 11.8 Å². The van der Waals surface area contributed by atoms with Crippen molar-refractivity contribution in [1.82, 2.24) is 10.3 Å². The van der Waals surface area contributed by atoms with Crippen LogP contribution in [0.25, 0.3) is 22.5 Å². The summed E-state index contributed by atoms with van der Waals surface area (Å²) >= 11 is 0. The molecule has 10 heteroatoms. The van der Waals surface area contributed by atoms with Gasteiger partial charge in [0, 0.05) is 17.2 Å². The van der Waals surface area contributed by atoms with Crippen molar-refractivity contribution in [3.8, 4) is 34.0 Å². The van der Waals surface area contributed by atoms with Crippen molar-refractivity contribution in [3.05, 3.63) is 70.8 Å². The summed E-state index contributed by atoms with van der Waals surface area (Å²) in [6, 6.07) is 17.5. The van der Waals surface area contributed by atoms with Gasteiger partial charge in [-0.05, 0) is 48.5 Å². The van der Waals surface area contributed by atoms with Crippen molar-refractivity contribution in [3.63, 3.8) is 0 Å². The molecule has 0 amide bonds. The fourth-order valence-corrected chi connectivity index (χ4v) is 2.44. The molecule has 154 valence electrons. The largest absolute Gasteiger partial charge is 0.497 e. The molecule has 2 aromatic heterocycles. The number of aromatic nitrogens is 2. The van der Waals surface area contributed by atoms with Crippen LogP contribution in [0.1, 0.15) is 0 Å². The summed E-state index contributed by atoms with van der Waals surface area (Å²) in [6.45, 7) is 0. The molecule has 2 N–H and O–H groups in total. The number of rotatable bonds is 5. The van der Waals surface area contributed by atoms with Gasteiger partial charge < -0.3 is 19.7 Å². The zero-order valence-electron chi connectivity index (χ0n) is 16.1. The monoisotopic (exact) mass is 410 g/mol. The van der Waals surface area contributed by atoms with Gasteiger partial charge in [-0.2, -0.15) is 0 Å². The molecule has 0 saturated heterocycles. The summed E-state index contributed by atoms with van der Waals surface area (Å²) in [5.41, 5.74) is 8.25. The van der Waals surface area contributed by atoms with Crippen molar-refractivity contribution in [2.45, 2.75) is 0 Å². The number of hydrogen-bond acceptors (Lipinski definition) is 9. The van der Waals surface area contributed by atoms with E-state index >= 15 is 0 Å². The third-order valence-electron chi connectivity index (χ3n) is 3.98. The first kappa shape index (κ1) is 20.4. The van der Waals surface area contributed by atoms with Crippen LogP contribution in [0.2, 0.25) is 0 Å². The number of nitrogens with two attached hydrogens (primary N) is 1. The van der Waals surface area contributed by atoms with Crippen LogP contribution in [0, 0.1) is 10.1 Å². The summed E-state index contributed by atoms with van der Waals surface area (Å²) in [4.78, 5) is 9.77. The van der Waals surface area contributed by atoms with E-state index in [0.717, 1.165) is 22.6 Å². The second kappa shape index (κ2) is 9.24. The van der Waals surface area contributed by atoms with Crippen molar-refractivity contribution in [2.24, 2.45) is 0 Å². The van der Waals surface area contributed by atoms with Crippen LogP contribution in [-0.4, -0.2) is 29.5 Å². The lowest BCUT2D eigenvalue weighted by Crippen LogP contribution is -1.83. The Morgan fingerprint density at radius 2 is 1.30 bits per heavy atom. The summed E-state index contributed by atoms with van der Waals surface area (Å²) in [7, 11) is 3.19. The highest BCUT2D eigenvalue weighted by Crippen LogP contribution is 2.25. The minimum atomic E-state index is -0.625. The molecule has 0 unspecified atom stereocenters. The van der Waals surface area contributed by atoms with E-state index < -0.39 is 4.92 Å². The maximum atomic E-state index is 10.4. The van der Waals surface area contributed by atoms with Crippen LogP contribution < -0.4 is 15.2 Å². The molecular formula is C20H18N4O6.